The Balaban J connectivity index is 2.42. The van der Waals surface area contributed by atoms with Crippen LogP contribution in [0.15, 0.2) is 29.4 Å². The number of halogens is 1. The van der Waals surface area contributed by atoms with Crippen molar-refractivity contribution in [3.63, 3.8) is 0 Å². The standard InChI is InChI=1S/C9H5FN2OS/c10-7-3-11-2-1-6(7)9(13)8-4-14-5-12-8/h1-5H. The zero-order valence-electron chi connectivity index (χ0n) is 6.98. The topological polar surface area (TPSA) is 42.9 Å². The van der Waals surface area contributed by atoms with Crippen molar-refractivity contribution in [3.05, 3.63) is 46.4 Å². The lowest BCUT2D eigenvalue weighted by Gasteiger charge is -1.97. The Hall–Kier alpha value is -1.62. The fraction of sp³-hybridized carbons (Fsp3) is 0. The summed E-state index contributed by atoms with van der Waals surface area (Å²) in [6, 6.07) is 1.34. The van der Waals surface area contributed by atoms with E-state index in [0.717, 1.165) is 6.20 Å². The smallest absolute Gasteiger partial charge is 0.215 e. The number of pyridine rings is 1. The summed E-state index contributed by atoms with van der Waals surface area (Å²) >= 11 is 1.30. The first kappa shape index (κ1) is 8.96. The molecule has 0 aliphatic rings. The maximum atomic E-state index is 13.1. The van der Waals surface area contributed by atoms with Crippen LogP contribution in [0.4, 0.5) is 4.39 Å². The molecule has 0 atom stereocenters. The normalized spacial score (nSPS) is 10.1. The Labute approximate surface area is 83.3 Å². The number of carbonyl (C=O) groups excluding carboxylic acids is 1. The monoisotopic (exact) mass is 208 g/mol. The predicted molar refractivity (Wildman–Crippen MR) is 49.7 cm³/mol. The van der Waals surface area contributed by atoms with Crippen LogP contribution < -0.4 is 0 Å². The van der Waals surface area contributed by atoms with Crippen LogP contribution in [0.2, 0.25) is 0 Å². The molecule has 2 aromatic rings. The summed E-state index contributed by atoms with van der Waals surface area (Å²) < 4.78 is 13.1. The zero-order valence-corrected chi connectivity index (χ0v) is 7.79. The molecule has 0 N–H and O–H groups in total. The van der Waals surface area contributed by atoms with Crippen molar-refractivity contribution in [2.24, 2.45) is 0 Å². The number of nitrogens with zero attached hydrogens (tertiary/aromatic N) is 2. The number of carbonyl (C=O) groups is 1. The minimum atomic E-state index is -0.620. The highest BCUT2D eigenvalue weighted by Gasteiger charge is 2.14. The number of aromatic nitrogens is 2. The molecule has 0 aliphatic heterocycles. The lowest BCUT2D eigenvalue weighted by Crippen LogP contribution is -2.04. The van der Waals surface area contributed by atoms with Crippen LogP contribution in [-0.2, 0) is 0 Å². The Bertz CT molecular complexity index is 456. The van der Waals surface area contributed by atoms with Crippen molar-refractivity contribution >= 4 is 17.1 Å². The first-order valence-electron chi connectivity index (χ1n) is 3.81. The van der Waals surface area contributed by atoms with Crippen molar-refractivity contribution in [1.29, 1.82) is 0 Å². The highest BCUT2D eigenvalue weighted by Crippen LogP contribution is 2.12. The van der Waals surface area contributed by atoms with Crippen molar-refractivity contribution in [3.8, 4) is 0 Å². The quantitative estimate of drug-likeness (QED) is 0.708. The van der Waals surface area contributed by atoms with Crippen LogP contribution in [0.1, 0.15) is 16.1 Å². The van der Waals surface area contributed by atoms with Gasteiger partial charge in [0.05, 0.1) is 17.3 Å². The van der Waals surface area contributed by atoms with Gasteiger partial charge in [0.25, 0.3) is 0 Å². The third kappa shape index (κ3) is 1.54. The average molecular weight is 208 g/mol. The maximum Gasteiger partial charge on any atom is 0.215 e. The van der Waals surface area contributed by atoms with Gasteiger partial charge in [-0.3, -0.25) is 9.78 Å². The molecule has 0 bridgehead atoms. The van der Waals surface area contributed by atoms with E-state index in [1.807, 2.05) is 0 Å². The van der Waals surface area contributed by atoms with Crippen LogP contribution in [0.3, 0.4) is 0 Å². The molecule has 2 rings (SSSR count). The Morgan fingerprint density at radius 1 is 1.50 bits per heavy atom. The Kier molecular flexibility index (Phi) is 2.32. The molecule has 3 nitrogen and oxygen atoms in total. The first-order chi connectivity index (χ1) is 6.79. The van der Waals surface area contributed by atoms with Crippen molar-refractivity contribution in [1.82, 2.24) is 9.97 Å². The van der Waals surface area contributed by atoms with Crippen LogP contribution in [-0.4, -0.2) is 15.8 Å². The maximum absolute atomic E-state index is 13.1. The summed E-state index contributed by atoms with van der Waals surface area (Å²) in [6.07, 6.45) is 2.39. The molecule has 70 valence electrons. The Morgan fingerprint density at radius 3 is 3.00 bits per heavy atom. The molecule has 2 heterocycles. The van der Waals surface area contributed by atoms with Gasteiger partial charge in [0.1, 0.15) is 5.69 Å². The van der Waals surface area contributed by atoms with Gasteiger partial charge in [-0.15, -0.1) is 11.3 Å². The molecule has 0 amide bonds. The summed E-state index contributed by atoms with van der Waals surface area (Å²) in [5.74, 6) is -1.03. The SMILES string of the molecule is O=C(c1cscn1)c1ccncc1F. The van der Waals surface area contributed by atoms with E-state index in [1.54, 1.807) is 5.38 Å². The fourth-order valence-electron chi connectivity index (χ4n) is 1.02. The van der Waals surface area contributed by atoms with Crippen molar-refractivity contribution in [2.75, 3.05) is 0 Å². The summed E-state index contributed by atoms with van der Waals surface area (Å²) in [6.45, 7) is 0. The van der Waals surface area contributed by atoms with Gasteiger partial charge in [0, 0.05) is 11.6 Å². The van der Waals surface area contributed by atoms with E-state index >= 15 is 0 Å². The first-order valence-corrected chi connectivity index (χ1v) is 4.75. The average Bonchev–Trinajstić information content (AvgIpc) is 2.70. The van der Waals surface area contributed by atoms with Gasteiger partial charge in [-0.2, -0.15) is 0 Å². The molecule has 2 aromatic heterocycles. The van der Waals surface area contributed by atoms with Crippen molar-refractivity contribution in [2.45, 2.75) is 0 Å². The zero-order chi connectivity index (χ0) is 9.97. The van der Waals surface area contributed by atoms with Crippen LogP contribution in [0, 0.1) is 5.82 Å². The molecule has 0 saturated carbocycles. The fourth-order valence-corrected chi connectivity index (χ4v) is 1.55. The number of hydrogen-bond acceptors (Lipinski definition) is 4. The van der Waals surface area contributed by atoms with E-state index in [1.165, 1.54) is 29.1 Å². The molecule has 0 saturated heterocycles. The summed E-state index contributed by atoms with van der Waals surface area (Å²) in [5.41, 5.74) is 1.80. The minimum Gasteiger partial charge on any atom is -0.287 e. The lowest BCUT2D eigenvalue weighted by molar-refractivity contribution is 0.103. The number of ketones is 1. The van der Waals surface area contributed by atoms with Crippen LogP contribution in [0.25, 0.3) is 0 Å². The largest absolute Gasteiger partial charge is 0.287 e. The van der Waals surface area contributed by atoms with Gasteiger partial charge in [0.2, 0.25) is 5.78 Å². The number of thiazole rings is 1. The summed E-state index contributed by atoms with van der Waals surface area (Å²) in [4.78, 5) is 19.0. The van der Waals surface area contributed by atoms with Gasteiger partial charge in [-0.05, 0) is 6.07 Å². The van der Waals surface area contributed by atoms with E-state index in [9.17, 15) is 9.18 Å². The second-order valence-corrected chi connectivity index (χ2v) is 3.28. The molecule has 0 radical (unpaired) electrons. The molecule has 14 heavy (non-hydrogen) atoms. The molecule has 0 spiro atoms. The molecular weight excluding hydrogens is 203 g/mol. The Morgan fingerprint density at radius 2 is 2.36 bits per heavy atom. The third-order valence-electron chi connectivity index (χ3n) is 1.68. The second-order valence-electron chi connectivity index (χ2n) is 2.56. The highest BCUT2D eigenvalue weighted by molar-refractivity contribution is 7.07. The predicted octanol–water partition coefficient (Wildman–Crippen LogP) is 1.91. The molecule has 0 unspecified atom stereocenters. The van der Waals surface area contributed by atoms with Gasteiger partial charge in [0.15, 0.2) is 5.82 Å². The molecule has 0 aliphatic carbocycles. The van der Waals surface area contributed by atoms with E-state index in [4.69, 9.17) is 0 Å². The van der Waals surface area contributed by atoms with Gasteiger partial charge >= 0.3 is 0 Å². The third-order valence-corrected chi connectivity index (χ3v) is 2.27. The summed E-state index contributed by atoms with van der Waals surface area (Å²) in [7, 11) is 0. The number of hydrogen-bond donors (Lipinski definition) is 0. The van der Waals surface area contributed by atoms with Crippen molar-refractivity contribution < 1.29 is 9.18 Å². The van der Waals surface area contributed by atoms with E-state index in [2.05, 4.69) is 9.97 Å². The second kappa shape index (κ2) is 3.63. The van der Waals surface area contributed by atoms with E-state index in [-0.39, 0.29) is 11.3 Å². The minimum absolute atomic E-state index is 0.00546. The van der Waals surface area contributed by atoms with Gasteiger partial charge in [-0.1, -0.05) is 0 Å². The van der Waals surface area contributed by atoms with E-state index in [0.29, 0.717) is 0 Å². The highest BCUT2D eigenvalue weighted by atomic mass is 32.1. The van der Waals surface area contributed by atoms with Crippen LogP contribution in [0.5, 0.6) is 0 Å². The van der Waals surface area contributed by atoms with Gasteiger partial charge < -0.3 is 0 Å². The molecule has 0 fully saturated rings. The molecular formula is C9H5FN2OS. The molecule has 5 heteroatoms. The summed E-state index contributed by atoms with van der Waals surface area (Å²) in [5, 5.41) is 1.59. The van der Waals surface area contributed by atoms with E-state index < -0.39 is 11.6 Å². The van der Waals surface area contributed by atoms with Gasteiger partial charge in [-0.25, -0.2) is 9.37 Å². The molecule has 0 aromatic carbocycles. The van der Waals surface area contributed by atoms with Crippen LogP contribution >= 0.6 is 11.3 Å². The number of rotatable bonds is 2. The lowest BCUT2D eigenvalue weighted by atomic mass is 10.1.